The highest BCUT2D eigenvalue weighted by atomic mass is 32.1. The zero-order valence-corrected chi connectivity index (χ0v) is 16.4. The van der Waals surface area contributed by atoms with E-state index in [4.69, 9.17) is 0 Å². The molecule has 1 heterocycles. The fourth-order valence-corrected chi connectivity index (χ4v) is 3.48. The standard InChI is InChI=1S/C19H27FN4S/c1-6-21-18(22-11-17-13(2)24-14(3)25-17)23-12-19(4,5)15-9-7-8-10-16(15)20/h7-10H,6,11-12H2,1-5H3,(H2,21,22,23). The number of aromatic nitrogens is 1. The molecule has 0 radical (unpaired) electrons. The summed E-state index contributed by atoms with van der Waals surface area (Å²) in [5.74, 6) is 0.560. The van der Waals surface area contributed by atoms with Gasteiger partial charge in [0, 0.05) is 23.4 Å². The van der Waals surface area contributed by atoms with E-state index in [-0.39, 0.29) is 11.2 Å². The lowest BCUT2D eigenvalue weighted by Crippen LogP contribution is -2.43. The molecule has 0 amide bonds. The summed E-state index contributed by atoms with van der Waals surface area (Å²) >= 11 is 1.67. The van der Waals surface area contributed by atoms with Gasteiger partial charge in [0.25, 0.3) is 0 Å². The molecule has 6 heteroatoms. The number of benzene rings is 1. The molecule has 0 saturated heterocycles. The molecule has 136 valence electrons. The van der Waals surface area contributed by atoms with Crippen molar-refractivity contribution in [2.24, 2.45) is 4.99 Å². The van der Waals surface area contributed by atoms with E-state index in [1.165, 1.54) is 10.9 Å². The Kier molecular flexibility index (Phi) is 6.53. The van der Waals surface area contributed by atoms with Gasteiger partial charge in [0.2, 0.25) is 0 Å². The average Bonchev–Trinajstić information content (AvgIpc) is 2.88. The molecule has 0 saturated carbocycles. The largest absolute Gasteiger partial charge is 0.357 e. The van der Waals surface area contributed by atoms with Crippen molar-refractivity contribution in [3.63, 3.8) is 0 Å². The van der Waals surface area contributed by atoms with Crippen molar-refractivity contribution in [3.05, 3.63) is 51.2 Å². The highest BCUT2D eigenvalue weighted by Gasteiger charge is 2.24. The first-order valence-corrected chi connectivity index (χ1v) is 9.35. The Morgan fingerprint density at radius 1 is 1.24 bits per heavy atom. The lowest BCUT2D eigenvalue weighted by molar-refractivity contribution is 0.473. The van der Waals surface area contributed by atoms with Crippen LogP contribution in [0.3, 0.4) is 0 Å². The predicted molar refractivity (Wildman–Crippen MR) is 104 cm³/mol. The van der Waals surface area contributed by atoms with Gasteiger partial charge in [-0.2, -0.15) is 0 Å². The summed E-state index contributed by atoms with van der Waals surface area (Å²) in [6.45, 7) is 12.0. The van der Waals surface area contributed by atoms with E-state index in [9.17, 15) is 4.39 Å². The Bertz CT molecular complexity index is 737. The van der Waals surface area contributed by atoms with Crippen LogP contribution in [0.2, 0.25) is 0 Å². The number of nitrogens with zero attached hydrogens (tertiary/aromatic N) is 2. The number of hydrogen-bond acceptors (Lipinski definition) is 3. The minimum atomic E-state index is -0.349. The quantitative estimate of drug-likeness (QED) is 0.605. The Morgan fingerprint density at radius 3 is 2.56 bits per heavy atom. The fraction of sp³-hybridized carbons (Fsp3) is 0.474. The molecule has 4 nitrogen and oxygen atoms in total. The highest BCUT2D eigenvalue weighted by molar-refractivity contribution is 7.11. The number of nitrogens with one attached hydrogen (secondary N) is 2. The molecule has 0 spiro atoms. The Hall–Kier alpha value is -1.95. The van der Waals surface area contributed by atoms with Gasteiger partial charge in [0.15, 0.2) is 5.96 Å². The second-order valence-corrected chi connectivity index (χ2v) is 7.94. The SMILES string of the molecule is CCNC(=NCc1sc(C)nc1C)NCC(C)(C)c1ccccc1F. The third kappa shape index (κ3) is 5.26. The van der Waals surface area contributed by atoms with Crippen LogP contribution in [0.15, 0.2) is 29.3 Å². The maximum atomic E-state index is 14.1. The van der Waals surface area contributed by atoms with Gasteiger partial charge in [-0.05, 0) is 32.4 Å². The highest BCUT2D eigenvalue weighted by Crippen LogP contribution is 2.24. The van der Waals surface area contributed by atoms with E-state index in [2.05, 4.69) is 20.6 Å². The van der Waals surface area contributed by atoms with E-state index in [0.717, 1.165) is 23.2 Å². The lowest BCUT2D eigenvalue weighted by atomic mass is 9.84. The van der Waals surface area contributed by atoms with Gasteiger partial charge in [-0.15, -0.1) is 11.3 Å². The average molecular weight is 363 g/mol. The molecule has 0 unspecified atom stereocenters. The molecule has 1 aromatic carbocycles. The first-order valence-electron chi connectivity index (χ1n) is 8.53. The third-order valence-electron chi connectivity index (χ3n) is 4.03. The van der Waals surface area contributed by atoms with E-state index < -0.39 is 0 Å². The molecule has 0 aliphatic heterocycles. The molecule has 0 aliphatic carbocycles. The summed E-state index contributed by atoms with van der Waals surface area (Å²) in [5.41, 5.74) is 1.39. The zero-order chi connectivity index (χ0) is 18.4. The van der Waals surface area contributed by atoms with Gasteiger partial charge in [-0.1, -0.05) is 32.0 Å². The van der Waals surface area contributed by atoms with E-state index in [1.54, 1.807) is 17.4 Å². The molecule has 0 bridgehead atoms. The van der Waals surface area contributed by atoms with Crippen LogP contribution in [0.4, 0.5) is 4.39 Å². The molecule has 2 aromatic rings. The Morgan fingerprint density at radius 2 is 1.96 bits per heavy atom. The Balaban J connectivity index is 2.07. The molecular weight excluding hydrogens is 335 g/mol. The molecular formula is C19H27FN4S. The molecule has 0 fully saturated rings. The summed E-state index contributed by atoms with van der Waals surface area (Å²) in [6.07, 6.45) is 0. The van der Waals surface area contributed by atoms with Crippen LogP contribution >= 0.6 is 11.3 Å². The van der Waals surface area contributed by atoms with Crippen LogP contribution in [-0.2, 0) is 12.0 Å². The minimum absolute atomic E-state index is 0.174. The maximum Gasteiger partial charge on any atom is 0.191 e. The number of aryl methyl sites for hydroxylation is 2. The van der Waals surface area contributed by atoms with Gasteiger partial charge < -0.3 is 10.6 Å². The van der Waals surface area contributed by atoms with Crippen LogP contribution in [0, 0.1) is 19.7 Å². The number of guanidine groups is 1. The number of halogens is 1. The summed E-state index contributed by atoms with van der Waals surface area (Å²) in [4.78, 5) is 10.3. The van der Waals surface area contributed by atoms with Crippen molar-refractivity contribution in [2.45, 2.75) is 46.6 Å². The predicted octanol–water partition coefficient (Wildman–Crippen LogP) is 3.93. The molecule has 2 rings (SSSR count). The molecule has 0 aliphatic rings. The van der Waals surface area contributed by atoms with Gasteiger partial charge in [0.1, 0.15) is 5.82 Å². The molecule has 25 heavy (non-hydrogen) atoms. The van der Waals surface area contributed by atoms with E-state index in [1.807, 2.05) is 46.8 Å². The number of aliphatic imine (C=N–C) groups is 1. The summed E-state index contributed by atoms with van der Waals surface area (Å²) in [6, 6.07) is 6.93. The van der Waals surface area contributed by atoms with Crippen molar-refractivity contribution in [2.75, 3.05) is 13.1 Å². The summed E-state index contributed by atoms with van der Waals surface area (Å²) < 4.78 is 14.1. The summed E-state index contributed by atoms with van der Waals surface area (Å²) in [7, 11) is 0. The van der Waals surface area contributed by atoms with Crippen LogP contribution in [-0.4, -0.2) is 24.0 Å². The van der Waals surface area contributed by atoms with E-state index >= 15 is 0 Å². The van der Waals surface area contributed by atoms with Crippen LogP contribution < -0.4 is 10.6 Å². The second-order valence-electron chi connectivity index (χ2n) is 6.65. The smallest absolute Gasteiger partial charge is 0.191 e. The van der Waals surface area contributed by atoms with Crippen LogP contribution in [0.5, 0.6) is 0 Å². The number of thiazole rings is 1. The first kappa shape index (κ1) is 19.4. The van der Waals surface area contributed by atoms with E-state index in [0.29, 0.717) is 18.7 Å². The molecule has 0 atom stereocenters. The lowest BCUT2D eigenvalue weighted by Gasteiger charge is -2.27. The van der Waals surface area contributed by atoms with Crippen molar-refractivity contribution < 1.29 is 4.39 Å². The molecule has 1 aromatic heterocycles. The topological polar surface area (TPSA) is 49.3 Å². The summed E-state index contributed by atoms with van der Waals surface area (Å²) in [5, 5.41) is 7.64. The third-order valence-corrected chi connectivity index (χ3v) is 5.08. The fourth-order valence-electron chi connectivity index (χ4n) is 2.62. The first-order chi connectivity index (χ1) is 11.8. The van der Waals surface area contributed by atoms with Crippen LogP contribution in [0.25, 0.3) is 0 Å². The zero-order valence-electron chi connectivity index (χ0n) is 15.6. The van der Waals surface area contributed by atoms with Gasteiger partial charge in [-0.3, -0.25) is 0 Å². The monoisotopic (exact) mass is 362 g/mol. The van der Waals surface area contributed by atoms with Crippen molar-refractivity contribution >= 4 is 17.3 Å². The van der Waals surface area contributed by atoms with Gasteiger partial charge >= 0.3 is 0 Å². The van der Waals surface area contributed by atoms with Crippen LogP contribution in [0.1, 0.15) is 41.9 Å². The van der Waals surface area contributed by atoms with Crippen molar-refractivity contribution in [1.82, 2.24) is 15.6 Å². The second kappa shape index (κ2) is 8.43. The van der Waals surface area contributed by atoms with Gasteiger partial charge in [0.05, 0.1) is 17.2 Å². The van der Waals surface area contributed by atoms with Crippen molar-refractivity contribution in [3.8, 4) is 0 Å². The normalized spacial score (nSPS) is 12.3. The Labute approximate surface area is 153 Å². The van der Waals surface area contributed by atoms with Gasteiger partial charge in [-0.25, -0.2) is 14.4 Å². The number of rotatable bonds is 6. The minimum Gasteiger partial charge on any atom is -0.357 e. The van der Waals surface area contributed by atoms with Crippen molar-refractivity contribution in [1.29, 1.82) is 0 Å². The maximum absolute atomic E-state index is 14.1. The molecule has 2 N–H and O–H groups in total. The number of hydrogen-bond donors (Lipinski definition) is 2.